The van der Waals surface area contributed by atoms with E-state index >= 15 is 0 Å². The number of nitrogens with zero attached hydrogens (tertiary/aromatic N) is 1. The molecule has 88 valence electrons. The van der Waals surface area contributed by atoms with E-state index in [0.717, 1.165) is 0 Å². The molecule has 0 bridgehead atoms. The van der Waals surface area contributed by atoms with E-state index in [9.17, 15) is 0 Å². The van der Waals surface area contributed by atoms with Crippen LogP contribution in [0.15, 0.2) is 60.7 Å². The lowest BCUT2D eigenvalue weighted by Gasteiger charge is -2.07. The Morgan fingerprint density at radius 3 is 2.28 bits per heavy atom. The number of para-hydroxylation sites is 1. The second kappa shape index (κ2) is 4.26. The maximum atomic E-state index is 2.26. The van der Waals surface area contributed by atoms with Crippen molar-refractivity contribution in [3.63, 3.8) is 0 Å². The van der Waals surface area contributed by atoms with Crippen LogP contribution in [0.1, 0.15) is 5.69 Å². The van der Waals surface area contributed by atoms with Gasteiger partial charge in [0, 0.05) is 24.6 Å². The minimum atomic E-state index is 1.27. The van der Waals surface area contributed by atoms with Crippen molar-refractivity contribution in [1.29, 1.82) is 0 Å². The van der Waals surface area contributed by atoms with Gasteiger partial charge in [-0.25, -0.2) is 0 Å². The van der Waals surface area contributed by atoms with Crippen LogP contribution in [-0.2, 0) is 7.05 Å². The second-order valence-electron chi connectivity index (χ2n) is 4.64. The van der Waals surface area contributed by atoms with Gasteiger partial charge in [-0.2, -0.15) is 4.57 Å². The van der Waals surface area contributed by atoms with Crippen LogP contribution < -0.4 is 4.57 Å². The first kappa shape index (κ1) is 11.0. The molecule has 0 saturated carbocycles. The third-order valence-corrected chi connectivity index (χ3v) is 3.52. The molecular weight excluding hydrogens is 218 g/mol. The van der Waals surface area contributed by atoms with Crippen molar-refractivity contribution in [3.05, 3.63) is 66.4 Å². The third-order valence-electron chi connectivity index (χ3n) is 3.52. The van der Waals surface area contributed by atoms with Gasteiger partial charge in [0.25, 0.3) is 0 Å². The van der Waals surface area contributed by atoms with Crippen LogP contribution in [0.2, 0.25) is 0 Å². The topological polar surface area (TPSA) is 3.88 Å². The van der Waals surface area contributed by atoms with Gasteiger partial charge in [-0.1, -0.05) is 42.5 Å². The van der Waals surface area contributed by atoms with E-state index in [1.54, 1.807) is 0 Å². The highest BCUT2D eigenvalue weighted by Gasteiger charge is 2.13. The molecule has 1 heterocycles. The summed E-state index contributed by atoms with van der Waals surface area (Å²) in [4.78, 5) is 0. The smallest absolute Gasteiger partial charge is 0.199 e. The number of fused-ring (bicyclic) bond motifs is 1. The van der Waals surface area contributed by atoms with E-state index in [4.69, 9.17) is 0 Å². The number of pyridine rings is 1. The molecule has 0 aliphatic rings. The highest BCUT2D eigenvalue weighted by molar-refractivity contribution is 5.92. The Morgan fingerprint density at radius 2 is 1.50 bits per heavy atom. The Balaban J connectivity index is 2.40. The van der Waals surface area contributed by atoms with E-state index in [1.807, 2.05) is 0 Å². The Kier molecular flexibility index (Phi) is 2.60. The fourth-order valence-electron chi connectivity index (χ4n) is 2.42. The molecule has 0 aliphatic heterocycles. The van der Waals surface area contributed by atoms with Gasteiger partial charge in [0.2, 0.25) is 5.52 Å². The van der Waals surface area contributed by atoms with Crippen molar-refractivity contribution < 1.29 is 4.57 Å². The largest absolute Gasteiger partial charge is 0.213 e. The Morgan fingerprint density at radius 1 is 0.833 bits per heavy atom. The van der Waals surface area contributed by atoms with Crippen molar-refractivity contribution in [2.45, 2.75) is 6.92 Å². The predicted molar refractivity (Wildman–Crippen MR) is 75.3 cm³/mol. The molecule has 18 heavy (non-hydrogen) atoms. The summed E-state index contributed by atoms with van der Waals surface area (Å²) in [7, 11) is 2.12. The zero-order valence-electron chi connectivity index (χ0n) is 10.7. The van der Waals surface area contributed by atoms with Crippen molar-refractivity contribution >= 4 is 10.9 Å². The van der Waals surface area contributed by atoms with Gasteiger partial charge >= 0.3 is 0 Å². The van der Waals surface area contributed by atoms with E-state index in [-0.39, 0.29) is 0 Å². The van der Waals surface area contributed by atoms with Gasteiger partial charge in [0.05, 0.1) is 5.39 Å². The molecule has 0 atom stereocenters. The summed E-state index contributed by atoms with van der Waals surface area (Å²) in [6, 6.07) is 21.4. The zero-order valence-corrected chi connectivity index (χ0v) is 10.7. The van der Waals surface area contributed by atoms with E-state index in [0.29, 0.717) is 0 Å². The van der Waals surface area contributed by atoms with Crippen LogP contribution >= 0.6 is 0 Å². The highest BCUT2D eigenvalue weighted by Crippen LogP contribution is 2.27. The number of aryl methyl sites for hydroxylation is 2. The molecule has 1 nitrogen and oxygen atoms in total. The average molecular weight is 234 g/mol. The Hall–Kier alpha value is -2.15. The predicted octanol–water partition coefficient (Wildman–Crippen LogP) is 3.64. The molecule has 2 aromatic carbocycles. The van der Waals surface area contributed by atoms with E-state index < -0.39 is 0 Å². The lowest BCUT2D eigenvalue weighted by atomic mass is 10.00. The normalized spacial score (nSPS) is 10.8. The molecule has 3 aromatic rings. The molecule has 0 fully saturated rings. The number of hydrogen-bond donors (Lipinski definition) is 0. The minimum absolute atomic E-state index is 1.27. The number of benzene rings is 2. The molecular formula is C17H16N+. The lowest BCUT2D eigenvalue weighted by Crippen LogP contribution is -2.32. The van der Waals surface area contributed by atoms with Crippen LogP contribution in [0.5, 0.6) is 0 Å². The molecule has 0 unspecified atom stereocenters. The van der Waals surface area contributed by atoms with Crippen molar-refractivity contribution in [2.75, 3.05) is 0 Å². The van der Waals surface area contributed by atoms with Crippen molar-refractivity contribution in [2.24, 2.45) is 7.05 Å². The van der Waals surface area contributed by atoms with Crippen molar-refractivity contribution in [3.8, 4) is 11.1 Å². The maximum absolute atomic E-state index is 2.26. The molecule has 0 saturated heterocycles. The Bertz CT molecular complexity index is 699. The molecule has 0 aliphatic carbocycles. The maximum Gasteiger partial charge on any atom is 0.213 e. The van der Waals surface area contributed by atoms with Gasteiger partial charge in [0.15, 0.2) is 5.69 Å². The summed E-state index contributed by atoms with van der Waals surface area (Å²) in [5.74, 6) is 0. The fourth-order valence-corrected chi connectivity index (χ4v) is 2.42. The summed E-state index contributed by atoms with van der Waals surface area (Å²) in [5, 5.41) is 1.30. The van der Waals surface area contributed by atoms with Crippen LogP contribution in [0.25, 0.3) is 22.0 Å². The molecule has 0 amide bonds. The first-order valence-electron chi connectivity index (χ1n) is 6.21. The molecule has 1 heteroatoms. The summed E-state index contributed by atoms with van der Waals surface area (Å²) in [6.45, 7) is 2.15. The molecule has 3 rings (SSSR count). The van der Waals surface area contributed by atoms with E-state index in [1.165, 1.54) is 27.7 Å². The van der Waals surface area contributed by atoms with Gasteiger partial charge < -0.3 is 0 Å². The van der Waals surface area contributed by atoms with Crippen LogP contribution in [-0.4, -0.2) is 0 Å². The van der Waals surface area contributed by atoms with Crippen LogP contribution in [0.3, 0.4) is 0 Å². The fraction of sp³-hybridized carbons (Fsp3) is 0.118. The van der Waals surface area contributed by atoms with Gasteiger partial charge in [-0.15, -0.1) is 0 Å². The van der Waals surface area contributed by atoms with Crippen molar-refractivity contribution in [1.82, 2.24) is 0 Å². The molecule has 0 radical (unpaired) electrons. The van der Waals surface area contributed by atoms with Gasteiger partial charge in [-0.3, -0.25) is 0 Å². The number of aromatic nitrogens is 1. The monoisotopic (exact) mass is 234 g/mol. The first-order valence-corrected chi connectivity index (χ1v) is 6.21. The molecule has 0 spiro atoms. The van der Waals surface area contributed by atoms with Gasteiger partial charge in [-0.05, 0) is 11.6 Å². The van der Waals surface area contributed by atoms with Gasteiger partial charge in [0.1, 0.15) is 7.05 Å². The molecule has 1 aromatic heterocycles. The quantitative estimate of drug-likeness (QED) is 0.566. The summed E-state index contributed by atoms with van der Waals surface area (Å²) < 4.78 is 2.24. The van der Waals surface area contributed by atoms with E-state index in [2.05, 4.69) is 79.2 Å². The second-order valence-corrected chi connectivity index (χ2v) is 4.64. The lowest BCUT2D eigenvalue weighted by molar-refractivity contribution is -0.651. The SMILES string of the molecule is Cc1cc(-c2ccccc2)c2ccccc2[n+]1C. The number of hydrogen-bond acceptors (Lipinski definition) is 0. The third kappa shape index (κ3) is 1.68. The summed E-state index contributed by atoms with van der Waals surface area (Å²) >= 11 is 0. The summed E-state index contributed by atoms with van der Waals surface area (Å²) in [5.41, 5.74) is 5.13. The average Bonchev–Trinajstić information content (AvgIpc) is 2.44. The zero-order chi connectivity index (χ0) is 12.5. The van der Waals surface area contributed by atoms with Crippen LogP contribution in [0, 0.1) is 6.92 Å². The molecule has 0 N–H and O–H groups in total. The Labute approximate surface area is 107 Å². The summed E-state index contributed by atoms with van der Waals surface area (Å²) in [6.07, 6.45) is 0. The first-order chi connectivity index (χ1) is 8.77. The highest BCUT2D eigenvalue weighted by atomic mass is 14.9. The standard InChI is InChI=1S/C17H16N/c1-13-12-16(14-8-4-3-5-9-14)15-10-6-7-11-17(15)18(13)2/h3-12H,1-2H3/q+1. The van der Waals surface area contributed by atoms with Crippen LogP contribution in [0.4, 0.5) is 0 Å². The minimum Gasteiger partial charge on any atom is -0.199 e. The number of rotatable bonds is 1.